The van der Waals surface area contributed by atoms with Crippen molar-refractivity contribution >= 4 is 23.2 Å². The first-order valence-electron chi connectivity index (χ1n) is 4.65. The summed E-state index contributed by atoms with van der Waals surface area (Å²) in [5, 5.41) is 0.680. The Hall–Kier alpha value is -0.270. The van der Waals surface area contributed by atoms with E-state index in [4.69, 9.17) is 23.2 Å². The van der Waals surface area contributed by atoms with Crippen LogP contribution >= 0.6 is 23.2 Å². The zero-order chi connectivity index (χ0) is 10.9. The predicted octanol–water partition coefficient (Wildman–Crippen LogP) is 4.82. The maximum absolute atomic E-state index is 13.7. The van der Waals surface area contributed by atoms with E-state index in [2.05, 4.69) is 0 Å². The molecule has 0 N–H and O–H groups in total. The number of rotatable bonds is 2. The fraction of sp³-hybridized carbons (Fsp3) is 0.455. The first-order valence-corrected chi connectivity index (χ1v) is 5.40. The molecule has 0 unspecified atom stereocenters. The molecule has 1 aromatic carbocycles. The van der Waals surface area contributed by atoms with Crippen molar-refractivity contribution in [3.63, 3.8) is 0 Å². The van der Waals surface area contributed by atoms with E-state index in [0.29, 0.717) is 17.0 Å². The van der Waals surface area contributed by atoms with Gasteiger partial charge in [-0.25, -0.2) is 4.39 Å². The topological polar surface area (TPSA) is 0 Å². The van der Waals surface area contributed by atoms with E-state index < -0.39 is 0 Å². The zero-order valence-corrected chi connectivity index (χ0v) is 10.0. The summed E-state index contributed by atoms with van der Waals surface area (Å²) in [6, 6.07) is 1.76. The molecule has 0 aliphatic heterocycles. The van der Waals surface area contributed by atoms with Gasteiger partial charge in [0.2, 0.25) is 0 Å². The zero-order valence-electron chi connectivity index (χ0n) is 8.50. The lowest BCUT2D eigenvalue weighted by Crippen LogP contribution is -1.97. The van der Waals surface area contributed by atoms with Crippen LogP contribution in [-0.2, 0) is 6.42 Å². The lowest BCUT2D eigenvalue weighted by molar-refractivity contribution is 0.608. The van der Waals surface area contributed by atoms with E-state index >= 15 is 0 Å². The van der Waals surface area contributed by atoms with Crippen molar-refractivity contribution in [2.45, 2.75) is 33.1 Å². The van der Waals surface area contributed by atoms with Crippen LogP contribution in [0.15, 0.2) is 6.07 Å². The Morgan fingerprint density at radius 2 is 1.93 bits per heavy atom. The Bertz CT molecular complexity index is 346. The van der Waals surface area contributed by atoms with Crippen LogP contribution in [0.3, 0.4) is 0 Å². The van der Waals surface area contributed by atoms with Gasteiger partial charge >= 0.3 is 0 Å². The third-order valence-electron chi connectivity index (χ3n) is 2.26. The van der Waals surface area contributed by atoms with Gasteiger partial charge in [0.1, 0.15) is 5.82 Å². The van der Waals surface area contributed by atoms with Gasteiger partial charge in [0.25, 0.3) is 0 Å². The van der Waals surface area contributed by atoms with Crippen molar-refractivity contribution in [3.05, 3.63) is 33.1 Å². The molecule has 0 bridgehead atoms. The molecule has 0 aliphatic rings. The Labute approximate surface area is 94.0 Å². The predicted molar refractivity (Wildman–Crippen MR) is 59.9 cm³/mol. The van der Waals surface area contributed by atoms with Gasteiger partial charge in [0.05, 0.1) is 5.02 Å². The monoisotopic (exact) mass is 234 g/mol. The molecular weight excluding hydrogens is 222 g/mol. The minimum atomic E-state index is -0.370. The number of hydrogen-bond donors (Lipinski definition) is 0. The Kier molecular flexibility index (Phi) is 3.79. The molecule has 0 spiro atoms. The fourth-order valence-corrected chi connectivity index (χ4v) is 2.12. The molecule has 0 amide bonds. The van der Waals surface area contributed by atoms with Crippen LogP contribution in [0.2, 0.25) is 10.0 Å². The lowest BCUT2D eigenvalue weighted by Gasteiger charge is -2.12. The highest BCUT2D eigenvalue weighted by atomic mass is 35.5. The van der Waals surface area contributed by atoms with Crippen molar-refractivity contribution in [2.24, 2.45) is 0 Å². The highest BCUT2D eigenvalue weighted by Crippen LogP contribution is 2.33. The van der Waals surface area contributed by atoms with Gasteiger partial charge in [0, 0.05) is 10.6 Å². The largest absolute Gasteiger partial charge is 0.205 e. The average Bonchev–Trinajstić information content (AvgIpc) is 2.12. The summed E-state index contributed by atoms with van der Waals surface area (Å²) in [5.74, 6) is -0.189. The van der Waals surface area contributed by atoms with Gasteiger partial charge in [0.15, 0.2) is 0 Å². The van der Waals surface area contributed by atoms with Crippen LogP contribution in [0.4, 0.5) is 4.39 Å². The summed E-state index contributed by atoms with van der Waals surface area (Å²) in [6.07, 6.45) is 0.558. The standard InChI is InChI=1S/C11H13Cl2F/c1-4-7-9(12)5-8(6(2)3)10(13)11(7)14/h5-6H,4H2,1-3H3. The maximum atomic E-state index is 13.7. The second-order valence-electron chi connectivity index (χ2n) is 3.56. The SMILES string of the molecule is CCc1c(Cl)cc(C(C)C)c(Cl)c1F. The molecule has 0 saturated carbocycles. The molecule has 14 heavy (non-hydrogen) atoms. The van der Waals surface area contributed by atoms with Gasteiger partial charge in [-0.2, -0.15) is 0 Å². The summed E-state index contributed by atoms with van der Waals surface area (Å²) < 4.78 is 13.7. The minimum Gasteiger partial charge on any atom is -0.205 e. The Morgan fingerprint density at radius 3 is 2.36 bits per heavy atom. The van der Waals surface area contributed by atoms with Crippen molar-refractivity contribution < 1.29 is 4.39 Å². The molecule has 0 atom stereocenters. The van der Waals surface area contributed by atoms with E-state index in [9.17, 15) is 4.39 Å². The van der Waals surface area contributed by atoms with E-state index in [-0.39, 0.29) is 16.8 Å². The summed E-state index contributed by atoms with van der Waals surface area (Å²) >= 11 is 11.9. The minimum absolute atomic E-state index is 0.181. The van der Waals surface area contributed by atoms with E-state index in [0.717, 1.165) is 5.56 Å². The van der Waals surface area contributed by atoms with Crippen LogP contribution in [0.25, 0.3) is 0 Å². The Balaban J connectivity index is 3.40. The molecular formula is C11H13Cl2F. The van der Waals surface area contributed by atoms with E-state index in [1.54, 1.807) is 6.07 Å². The number of hydrogen-bond acceptors (Lipinski definition) is 0. The van der Waals surface area contributed by atoms with Gasteiger partial charge in [-0.05, 0) is 24.0 Å². The highest BCUT2D eigenvalue weighted by molar-refractivity contribution is 6.34. The average molecular weight is 235 g/mol. The quantitative estimate of drug-likeness (QED) is 0.644. The molecule has 1 rings (SSSR count). The number of halogens is 3. The molecule has 0 nitrogen and oxygen atoms in total. The molecule has 0 fully saturated rings. The summed E-state index contributed by atoms with van der Waals surface area (Å²) in [6.45, 7) is 5.78. The van der Waals surface area contributed by atoms with Crippen molar-refractivity contribution in [3.8, 4) is 0 Å². The molecule has 0 saturated heterocycles. The lowest BCUT2D eigenvalue weighted by atomic mass is 10.00. The summed E-state index contributed by atoms with van der Waals surface area (Å²) in [5.41, 5.74) is 1.27. The summed E-state index contributed by atoms with van der Waals surface area (Å²) in [7, 11) is 0. The highest BCUT2D eigenvalue weighted by Gasteiger charge is 2.16. The summed E-state index contributed by atoms with van der Waals surface area (Å²) in [4.78, 5) is 0. The molecule has 3 heteroatoms. The second kappa shape index (κ2) is 4.50. The van der Waals surface area contributed by atoms with E-state index in [1.807, 2.05) is 20.8 Å². The maximum Gasteiger partial charge on any atom is 0.146 e. The third kappa shape index (κ3) is 2.04. The van der Waals surface area contributed by atoms with Crippen LogP contribution in [0.1, 0.15) is 37.8 Å². The third-order valence-corrected chi connectivity index (χ3v) is 2.98. The van der Waals surface area contributed by atoms with Crippen molar-refractivity contribution in [1.82, 2.24) is 0 Å². The molecule has 0 aliphatic carbocycles. The molecule has 0 heterocycles. The van der Waals surface area contributed by atoms with Gasteiger partial charge in [-0.1, -0.05) is 44.0 Å². The normalized spacial score (nSPS) is 11.1. The Morgan fingerprint density at radius 1 is 1.36 bits per heavy atom. The van der Waals surface area contributed by atoms with Crippen LogP contribution in [-0.4, -0.2) is 0 Å². The van der Waals surface area contributed by atoms with E-state index in [1.165, 1.54) is 0 Å². The molecule has 0 radical (unpaired) electrons. The second-order valence-corrected chi connectivity index (χ2v) is 4.35. The fourth-order valence-electron chi connectivity index (χ4n) is 1.40. The van der Waals surface area contributed by atoms with Crippen molar-refractivity contribution in [1.29, 1.82) is 0 Å². The number of benzene rings is 1. The molecule has 78 valence electrons. The first-order chi connectivity index (χ1) is 6.49. The van der Waals surface area contributed by atoms with Crippen molar-refractivity contribution in [2.75, 3.05) is 0 Å². The van der Waals surface area contributed by atoms with Gasteiger partial charge in [-0.3, -0.25) is 0 Å². The molecule has 1 aromatic rings. The van der Waals surface area contributed by atoms with Crippen LogP contribution in [0, 0.1) is 5.82 Å². The van der Waals surface area contributed by atoms with Crippen LogP contribution in [0.5, 0.6) is 0 Å². The van der Waals surface area contributed by atoms with Gasteiger partial charge < -0.3 is 0 Å². The van der Waals surface area contributed by atoms with Crippen LogP contribution < -0.4 is 0 Å². The van der Waals surface area contributed by atoms with Gasteiger partial charge in [-0.15, -0.1) is 0 Å². The molecule has 0 aromatic heterocycles. The first kappa shape index (κ1) is 11.8. The smallest absolute Gasteiger partial charge is 0.146 e.